The molecule has 6 nitrogen and oxygen atoms in total. The van der Waals surface area contributed by atoms with Gasteiger partial charge in [-0.15, -0.1) is 0 Å². The van der Waals surface area contributed by atoms with E-state index in [1.807, 2.05) is 13.8 Å². The van der Waals surface area contributed by atoms with Gasteiger partial charge in [-0.25, -0.2) is 0 Å². The normalized spacial score (nSPS) is 10.2. The van der Waals surface area contributed by atoms with Crippen LogP contribution in [-0.2, 0) is 14.4 Å². The van der Waals surface area contributed by atoms with E-state index in [1.165, 1.54) is 0 Å². The molecule has 0 aliphatic carbocycles. The number of nitrogens with zero attached hydrogens (tertiary/aromatic N) is 1. The molecule has 0 saturated heterocycles. The van der Waals surface area contributed by atoms with Crippen molar-refractivity contribution in [3.8, 4) is 0 Å². The van der Waals surface area contributed by atoms with E-state index < -0.39 is 18.5 Å². The Balaban J connectivity index is 4.34. The first-order chi connectivity index (χ1) is 7.32. The maximum Gasteiger partial charge on any atom is 0.323 e. The molecule has 0 unspecified atom stereocenters. The summed E-state index contributed by atoms with van der Waals surface area (Å²) in [6.45, 7) is 3.17. The van der Waals surface area contributed by atoms with E-state index in [1.54, 1.807) is 0 Å². The topological polar surface area (TPSA) is 94.9 Å². The highest BCUT2D eigenvalue weighted by molar-refractivity contribution is 5.82. The van der Waals surface area contributed by atoms with Gasteiger partial charge in [0, 0.05) is 13.0 Å². The van der Waals surface area contributed by atoms with E-state index in [0.29, 0.717) is 0 Å². The molecule has 1 amide bonds. The fraction of sp³-hybridized carbons (Fsp3) is 0.700. The van der Waals surface area contributed by atoms with E-state index in [4.69, 9.17) is 10.2 Å². The van der Waals surface area contributed by atoms with Gasteiger partial charge in [-0.05, 0) is 5.92 Å². The summed E-state index contributed by atoms with van der Waals surface area (Å²) in [5.74, 6) is -2.39. The SMILES string of the molecule is CC(C)CC(=O)N(CCC(=O)O)CC(=O)O. The quantitative estimate of drug-likeness (QED) is 0.662. The summed E-state index contributed by atoms with van der Waals surface area (Å²) in [7, 11) is 0. The Kier molecular flexibility index (Phi) is 6.14. The van der Waals surface area contributed by atoms with Gasteiger partial charge < -0.3 is 15.1 Å². The third-order valence-corrected chi connectivity index (χ3v) is 1.86. The predicted molar refractivity (Wildman–Crippen MR) is 55.9 cm³/mol. The van der Waals surface area contributed by atoms with Crippen LogP contribution in [0.4, 0.5) is 0 Å². The van der Waals surface area contributed by atoms with Crippen molar-refractivity contribution in [2.24, 2.45) is 5.92 Å². The summed E-state index contributed by atoms with van der Waals surface area (Å²) in [6.07, 6.45) is -0.00991. The second-order valence-electron chi connectivity index (χ2n) is 3.95. The first-order valence-corrected chi connectivity index (χ1v) is 5.04. The van der Waals surface area contributed by atoms with Crippen molar-refractivity contribution in [2.45, 2.75) is 26.7 Å². The highest BCUT2D eigenvalue weighted by Crippen LogP contribution is 2.05. The molecule has 0 heterocycles. The molecule has 0 aromatic heterocycles. The highest BCUT2D eigenvalue weighted by atomic mass is 16.4. The molecule has 16 heavy (non-hydrogen) atoms. The molecule has 0 aliphatic rings. The van der Waals surface area contributed by atoms with Gasteiger partial charge >= 0.3 is 11.9 Å². The lowest BCUT2D eigenvalue weighted by Gasteiger charge is -2.20. The molecule has 0 aliphatic heterocycles. The van der Waals surface area contributed by atoms with Crippen molar-refractivity contribution in [1.29, 1.82) is 0 Å². The summed E-state index contributed by atoms with van der Waals surface area (Å²) < 4.78 is 0. The number of amides is 1. The molecule has 0 radical (unpaired) electrons. The van der Waals surface area contributed by atoms with Gasteiger partial charge in [-0.2, -0.15) is 0 Å². The zero-order chi connectivity index (χ0) is 12.7. The van der Waals surface area contributed by atoms with Crippen molar-refractivity contribution in [3.05, 3.63) is 0 Å². The monoisotopic (exact) mass is 231 g/mol. The molecule has 0 spiro atoms. The first kappa shape index (κ1) is 14.4. The molecule has 2 N–H and O–H groups in total. The van der Waals surface area contributed by atoms with Crippen molar-refractivity contribution in [3.63, 3.8) is 0 Å². The van der Waals surface area contributed by atoms with Crippen molar-refractivity contribution in [1.82, 2.24) is 4.90 Å². The van der Waals surface area contributed by atoms with Gasteiger partial charge in [0.25, 0.3) is 0 Å². The Morgan fingerprint density at radius 2 is 1.69 bits per heavy atom. The maximum atomic E-state index is 11.6. The number of aliphatic carboxylic acids is 2. The number of carboxylic acid groups (broad SMARTS) is 2. The fourth-order valence-electron chi connectivity index (χ4n) is 1.16. The number of carboxylic acids is 2. The van der Waals surface area contributed by atoms with Gasteiger partial charge in [0.2, 0.25) is 5.91 Å². The van der Waals surface area contributed by atoms with Crippen LogP contribution in [-0.4, -0.2) is 46.0 Å². The molecule has 0 aromatic carbocycles. The molecule has 0 saturated carbocycles. The van der Waals surface area contributed by atoms with Crippen molar-refractivity contribution in [2.75, 3.05) is 13.1 Å². The molecule has 6 heteroatoms. The largest absolute Gasteiger partial charge is 0.481 e. The number of carbonyl (C=O) groups excluding carboxylic acids is 1. The van der Waals surface area contributed by atoms with Crippen LogP contribution in [0.2, 0.25) is 0 Å². The van der Waals surface area contributed by atoms with E-state index >= 15 is 0 Å². The van der Waals surface area contributed by atoms with E-state index in [0.717, 1.165) is 4.90 Å². The van der Waals surface area contributed by atoms with Crippen molar-refractivity contribution >= 4 is 17.8 Å². The summed E-state index contributed by atoms with van der Waals surface area (Å²) in [6, 6.07) is 0. The van der Waals surface area contributed by atoms with Crippen LogP contribution in [0, 0.1) is 5.92 Å². The van der Waals surface area contributed by atoms with Crippen molar-refractivity contribution < 1.29 is 24.6 Å². The predicted octanol–water partition coefficient (Wildman–Crippen LogP) is 0.420. The molecule has 92 valence electrons. The Labute approximate surface area is 93.9 Å². The second-order valence-corrected chi connectivity index (χ2v) is 3.95. The standard InChI is InChI=1S/C10H17NO5/c1-7(2)5-8(12)11(6-10(15)16)4-3-9(13)14/h7H,3-6H2,1-2H3,(H,13,14)(H,15,16). The van der Waals surface area contributed by atoms with Crippen LogP contribution in [0.1, 0.15) is 26.7 Å². The molecular formula is C10H17NO5. The van der Waals surface area contributed by atoms with Crippen LogP contribution < -0.4 is 0 Å². The third-order valence-electron chi connectivity index (χ3n) is 1.86. The number of rotatable bonds is 7. The zero-order valence-corrected chi connectivity index (χ0v) is 9.47. The lowest BCUT2D eigenvalue weighted by molar-refractivity contribution is -0.146. The maximum absolute atomic E-state index is 11.6. The molecule has 0 bridgehead atoms. The Morgan fingerprint density at radius 1 is 1.12 bits per heavy atom. The van der Waals surface area contributed by atoms with Gasteiger partial charge in [-0.3, -0.25) is 14.4 Å². The van der Waals surface area contributed by atoms with E-state index in [-0.39, 0.29) is 31.2 Å². The van der Waals surface area contributed by atoms with E-state index in [2.05, 4.69) is 0 Å². The van der Waals surface area contributed by atoms with Crippen LogP contribution in [0.5, 0.6) is 0 Å². The molecule has 0 aromatic rings. The molecule has 0 fully saturated rings. The van der Waals surface area contributed by atoms with Gasteiger partial charge in [0.05, 0.1) is 6.42 Å². The third kappa shape index (κ3) is 6.80. The van der Waals surface area contributed by atoms with Crippen LogP contribution in [0.25, 0.3) is 0 Å². The van der Waals surface area contributed by atoms with Gasteiger partial charge in [-0.1, -0.05) is 13.8 Å². The van der Waals surface area contributed by atoms with Crippen LogP contribution >= 0.6 is 0 Å². The zero-order valence-electron chi connectivity index (χ0n) is 9.47. The number of hydrogen-bond acceptors (Lipinski definition) is 3. The summed E-state index contributed by atoms with van der Waals surface area (Å²) in [4.78, 5) is 33.5. The second kappa shape index (κ2) is 6.81. The average Bonchev–Trinajstić information content (AvgIpc) is 2.09. The lowest BCUT2D eigenvalue weighted by Crippen LogP contribution is -2.37. The lowest BCUT2D eigenvalue weighted by atomic mass is 10.1. The average molecular weight is 231 g/mol. The fourth-order valence-corrected chi connectivity index (χ4v) is 1.16. The van der Waals surface area contributed by atoms with Crippen LogP contribution in [0.3, 0.4) is 0 Å². The number of hydrogen-bond donors (Lipinski definition) is 2. The minimum atomic E-state index is -1.14. The summed E-state index contributed by atoms with van der Waals surface area (Å²) in [5.41, 5.74) is 0. The Morgan fingerprint density at radius 3 is 2.06 bits per heavy atom. The summed E-state index contributed by atoms with van der Waals surface area (Å²) >= 11 is 0. The molecule has 0 rings (SSSR count). The van der Waals surface area contributed by atoms with Crippen LogP contribution in [0.15, 0.2) is 0 Å². The minimum Gasteiger partial charge on any atom is -0.481 e. The number of carbonyl (C=O) groups is 3. The Hall–Kier alpha value is -1.59. The van der Waals surface area contributed by atoms with E-state index in [9.17, 15) is 14.4 Å². The Bertz CT molecular complexity index is 274. The minimum absolute atomic E-state index is 0.0623. The molecule has 0 atom stereocenters. The smallest absolute Gasteiger partial charge is 0.323 e. The first-order valence-electron chi connectivity index (χ1n) is 5.04. The van der Waals surface area contributed by atoms with Gasteiger partial charge in [0.1, 0.15) is 6.54 Å². The molecular weight excluding hydrogens is 214 g/mol. The van der Waals surface area contributed by atoms with Gasteiger partial charge in [0.15, 0.2) is 0 Å². The highest BCUT2D eigenvalue weighted by Gasteiger charge is 2.18. The summed E-state index contributed by atoms with van der Waals surface area (Å²) in [5, 5.41) is 17.1.